The van der Waals surface area contributed by atoms with Crippen LogP contribution in [0.2, 0.25) is 0 Å². The molecular formula is C15H20N4OS. The van der Waals surface area contributed by atoms with Crippen molar-refractivity contribution in [2.75, 3.05) is 12.8 Å². The zero-order chi connectivity index (χ0) is 15.8. The topological polar surface area (TPSA) is 77.3 Å². The lowest BCUT2D eigenvalue weighted by atomic mass is 10.1. The summed E-state index contributed by atoms with van der Waals surface area (Å²) in [6.45, 7) is 6.59. The highest BCUT2D eigenvalue weighted by molar-refractivity contribution is 8.13. The molecule has 2 N–H and O–H groups in total. The summed E-state index contributed by atoms with van der Waals surface area (Å²) in [5.41, 5.74) is 2.08. The third-order valence-corrected chi connectivity index (χ3v) is 3.38. The molecule has 0 aromatic heterocycles. The number of amides is 1. The molecule has 0 saturated carbocycles. The van der Waals surface area contributed by atoms with Gasteiger partial charge in [0.2, 0.25) is 0 Å². The fourth-order valence-electron chi connectivity index (χ4n) is 1.66. The number of carbonyl (C=O) groups excluding carboxylic acids is 1. The van der Waals surface area contributed by atoms with E-state index in [0.717, 1.165) is 5.56 Å². The fourth-order valence-corrected chi connectivity index (χ4v) is 2.00. The van der Waals surface area contributed by atoms with E-state index in [1.54, 1.807) is 12.1 Å². The number of thioether (sulfide) groups is 1. The Morgan fingerprint density at radius 2 is 2.19 bits per heavy atom. The van der Waals surface area contributed by atoms with E-state index in [1.165, 1.54) is 11.8 Å². The summed E-state index contributed by atoms with van der Waals surface area (Å²) in [6.07, 6.45) is 3.68. The maximum Gasteiger partial charge on any atom is 0.251 e. The number of benzene rings is 1. The highest BCUT2D eigenvalue weighted by atomic mass is 32.2. The molecule has 0 atom stereocenters. The summed E-state index contributed by atoms with van der Waals surface area (Å²) in [4.78, 5) is 16.5. The molecule has 0 radical (unpaired) electrons. The van der Waals surface area contributed by atoms with E-state index < -0.39 is 0 Å². The Hall–Kier alpha value is -2.00. The van der Waals surface area contributed by atoms with Gasteiger partial charge in [0.1, 0.15) is 0 Å². The predicted octanol–water partition coefficient (Wildman–Crippen LogP) is 2.80. The summed E-state index contributed by atoms with van der Waals surface area (Å²) in [5, 5.41) is 14.6. The smallest absolute Gasteiger partial charge is 0.251 e. The van der Waals surface area contributed by atoms with Crippen molar-refractivity contribution in [1.29, 1.82) is 5.26 Å². The van der Waals surface area contributed by atoms with Crippen LogP contribution in [0, 0.1) is 24.3 Å². The molecular weight excluding hydrogens is 284 g/mol. The number of hydrogen-bond donors (Lipinski definition) is 2. The van der Waals surface area contributed by atoms with Crippen molar-refractivity contribution in [3.8, 4) is 6.19 Å². The molecule has 0 spiro atoms. The third kappa shape index (κ3) is 5.12. The minimum atomic E-state index is -0.0998. The third-order valence-electron chi connectivity index (χ3n) is 2.80. The van der Waals surface area contributed by atoms with Crippen LogP contribution < -0.4 is 10.6 Å². The van der Waals surface area contributed by atoms with Crippen LogP contribution in [0.5, 0.6) is 0 Å². The van der Waals surface area contributed by atoms with Gasteiger partial charge >= 0.3 is 0 Å². The molecule has 21 heavy (non-hydrogen) atoms. The van der Waals surface area contributed by atoms with Crippen LogP contribution >= 0.6 is 11.8 Å². The molecule has 6 heteroatoms. The van der Waals surface area contributed by atoms with E-state index >= 15 is 0 Å². The maximum atomic E-state index is 12.2. The Morgan fingerprint density at radius 1 is 1.48 bits per heavy atom. The fraction of sp³-hybridized carbons (Fsp3) is 0.400. The van der Waals surface area contributed by atoms with Crippen molar-refractivity contribution in [1.82, 2.24) is 10.6 Å². The number of nitriles is 1. The molecule has 0 aliphatic carbocycles. The molecule has 1 aromatic carbocycles. The lowest BCUT2D eigenvalue weighted by Gasteiger charge is -2.11. The normalized spacial score (nSPS) is 11.1. The molecule has 0 bridgehead atoms. The lowest BCUT2D eigenvalue weighted by Crippen LogP contribution is -2.27. The molecule has 0 aliphatic heterocycles. The van der Waals surface area contributed by atoms with Gasteiger partial charge in [-0.1, -0.05) is 31.7 Å². The highest BCUT2D eigenvalue weighted by Gasteiger charge is 2.12. The van der Waals surface area contributed by atoms with Gasteiger partial charge in [0.05, 0.1) is 5.69 Å². The largest absolute Gasteiger partial charge is 0.352 e. The average Bonchev–Trinajstić information content (AvgIpc) is 2.46. The molecule has 0 saturated heterocycles. The van der Waals surface area contributed by atoms with Gasteiger partial charge in [-0.15, -0.1) is 0 Å². The summed E-state index contributed by atoms with van der Waals surface area (Å²) >= 11 is 1.34. The van der Waals surface area contributed by atoms with Gasteiger partial charge in [-0.3, -0.25) is 10.1 Å². The zero-order valence-electron chi connectivity index (χ0n) is 12.7. The predicted molar refractivity (Wildman–Crippen MR) is 87.7 cm³/mol. The van der Waals surface area contributed by atoms with Crippen molar-refractivity contribution < 1.29 is 4.79 Å². The van der Waals surface area contributed by atoms with Crippen molar-refractivity contribution in [2.45, 2.75) is 20.8 Å². The zero-order valence-corrected chi connectivity index (χ0v) is 13.5. The number of hydrogen-bond acceptors (Lipinski definition) is 4. The Kier molecular flexibility index (Phi) is 6.76. The molecule has 5 nitrogen and oxygen atoms in total. The quantitative estimate of drug-likeness (QED) is 0.388. The van der Waals surface area contributed by atoms with Gasteiger partial charge in [0.25, 0.3) is 5.91 Å². The van der Waals surface area contributed by atoms with Gasteiger partial charge in [-0.2, -0.15) is 5.26 Å². The van der Waals surface area contributed by atoms with E-state index in [-0.39, 0.29) is 5.91 Å². The monoisotopic (exact) mass is 304 g/mol. The Bertz CT molecular complexity index is 576. The van der Waals surface area contributed by atoms with E-state index in [4.69, 9.17) is 5.26 Å². The van der Waals surface area contributed by atoms with Crippen LogP contribution in [0.25, 0.3) is 0 Å². The van der Waals surface area contributed by atoms with E-state index in [1.807, 2.05) is 39.3 Å². The molecule has 112 valence electrons. The van der Waals surface area contributed by atoms with Crippen LogP contribution in [-0.4, -0.2) is 23.9 Å². The lowest BCUT2D eigenvalue weighted by molar-refractivity contribution is 0.0948. The standard InChI is InChI=1S/C15H20N4OS/c1-10(2)8-17-14(20)12-6-5-7-13(11(12)3)19-15(21-4)18-9-16/h5-7,10H,8H2,1-4H3,(H,17,20)(H,18,19). The first kappa shape index (κ1) is 17.1. The number of nitrogens with one attached hydrogen (secondary N) is 2. The second-order valence-corrected chi connectivity index (χ2v) is 5.71. The number of carbonyl (C=O) groups is 1. The molecule has 1 rings (SSSR count). The van der Waals surface area contributed by atoms with Crippen molar-refractivity contribution in [3.63, 3.8) is 0 Å². The number of nitrogens with zero attached hydrogens (tertiary/aromatic N) is 2. The Labute approximate surface area is 129 Å². The number of aliphatic imine (C=N–C) groups is 1. The first-order valence-corrected chi connectivity index (χ1v) is 7.87. The molecule has 0 unspecified atom stereocenters. The van der Waals surface area contributed by atoms with E-state index in [2.05, 4.69) is 15.6 Å². The highest BCUT2D eigenvalue weighted by Crippen LogP contribution is 2.23. The summed E-state index contributed by atoms with van der Waals surface area (Å²) < 4.78 is 0. The van der Waals surface area contributed by atoms with Crippen molar-refractivity contribution in [2.24, 2.45) is 10.9 Å². The minimum absolute atomic E-state index is 0.0998. The van der Waals surface area contributed by atoms with Gasteiger partial charge in [0, 0.05) is 12.1 Å². The maximum absolute atomic E-state index is 12.2. The van der Waals surface area contributed by atoms with Gasteiger partial charge in [0.15, 0.2) is 11.4 Å². The van der Waals surface area contributed by atoms with Gasteiger partial charge in [-0.05, 0) is 36.8 Å². The number of rotatable bonds is 4. The van der Waals surface area contributed by atoms with Crippen molar-refractivity contribution >= 4 is 28.5 Å². The first-order chi connectivity index (χ1) is 9.99. The Balaban J connectivity index is 3.03. The summed E-state index contributed by atoms with van der Waals surface area (Å²) in [5.74, 6) is 0.301. The average molecular weight is 304 g/mol. The second-order valence-electron chi connectivity index (χ2n) is 4.91. The molecule has 0 heterocycles. The minimum Gasteiger partial charge on any atom is -0.352 e. The molecule has 1 aromatic rings. The molecule has 1 amide bonds. The second kappa shape index (κ2) is 8.32. The molecule has 0 fully saturated rings. The van der Waals surface area contributed by atoms with Crippen LogP contribution in [-0.2, 0) is 0 Å². The van der Waals surface area contributed by atoms with Crippen LogP contribution in [0.4, 0.5) is 5.69 Å². The van der Waals surface area contributed by atoms with E-state index in [9.17, 15) is 4.79 Å². The van der Waals surface area contributed by atoms with Crippen LogP contribution in [0.1, 0.15) is 29.8 Å². The van der Waals surface area contributed by atoms with Crippen LogP contribution in [0.15, 0.2) is 23.2 Å². The Morgan fingerprint density at radius 3 is 2.76 bits per heavy atom. The SMILES string of the molecule is CSC(=Nc1cccc(C(=O)NCC(C)C)c1C)NC#N. The van der Waals surface area contributed by atoms with E-state index in [0.29, 0.717) is 28.9 Å². The van der Waals surface area contributed by atoms with Gasteiger partial charge < -0.3 is 5.32 Å². The summed E-state index contributed by atoms with van der Waals surface area (Å²) in [7, 11) is 0. The van der Waals surface area contributed by atoms with Crippen LogP contribution in [0.3, 0.4) is 0 Å². The molecule has 0 aliphatic rings. The number of amidine groups is 1. The summed E-state index contributed by atoms with van der Waals surface area (Å²) in [6, 6.07) is 5.39. The first-order valence-electron chi connectivity index (χ1n) is 6.65. The van der Waals surface area contributed by atoms with Crippen molar-refractivity contribution in [3.05, 3.63) is 29.3 Å². The van der Waals surface area contributed by atoms with Gasteiger partial charge in [-0.25, -0.2) is 4.99 Å².